The number of carbonyl (C=O) groups excluding carboxylic acids is 1. The second-order valence-electron chi connectivity index (χ2n) is 11.3. The van der Waals surface area contributed by atoms with Crippen LogP contribution >= 0.6 is 0 Å². The lowest BCUT2D eigenvalue weighted by Crippen LogP contribution is -3.07. The van der Waals surface area contributed by atoms with Crippen LogP contribution in [0.1, 0.15) is 67.4 Å². The molecule has 0 amide bonds. The molecular weight excluding hydrogens is 552 g/mol. The van der Waals surface area contributed by atoms with Gasteiger partial charge >= 0.3 is 0 Å². The SMILES string of the molecule is CCCC(O)CC(O)CC(=O)CCc1cc(OC[NH+]2C=C3N=CC(Cc4cc(C(N)N)ccc4CO)=C3C2)c(O)cc1O. The van der Waals surface area contributed by atoms with Gasteiger partial charge in [-0.2, -0.15) is 0 Å². The van der Waals surface area contributed by atoms with Gasteiger partial charge in [-0.05, 0) is 59.6 Å². The number of fused-ring (bicyclic) bond motifs is 1. The van der Waals surface area contributed by atoms with Gasteiger partial charge < -0.3 is 41.7 Å². The molecular formula is C32H43N4O7+. The molecule has 43 heavy (non-hydrogen) atoms. The topological polar surface area (TPSA) is 196 Å². The van der Waals surface area contributed by atoms with Gasteiger partial charge in [-0.1, -0.05) is 31.5 Å². The van der Waals surface area contributed by atoms with Crippen LogP contribution in [0.4, 0.5) is 0 Å². The molecule has 0 aromatic heterocycles. The Labute approximate surface area is 251 Å². The van der Waals surface area contributed by atoms with Crippen LogP contribution in [0.25, 0.3) is 0 Å². The minimum absolute atomic E-state index is 0.0659. The van der Waals surface area contributed by atoms with Crippen LogP contribution in [-0.4, -0.2) is 63.0 Å². The van der Waals surface area contributed by atoms with E-state index in [0.29, 0.717) is 24.9 Å². The molecule has 0 aliphatic carbocycles. The molecule has 0 bridgehead atoms. The maximum absolute atomic E-state index is 12.4. The highest BCUT2D eigenvalue weighted by atomic mass is 16.5. The third-order valence-electron chi connectivity index (χ3n) is 7.84. The minimum atomic E-state index is -0.912. The van der Waals surface area contributed by atoms with Crippen LogP contribution in [0.2, 0.25) is 0 Å². The first-order chi connectivity index (χ1) is 20.6. The molecule has 3 atom stereocenters. The second kappa shape index (κ2) is 14.7. The molecule has 4 rings (SSSR count). The average Bonchev–Trinajstić information content (AvgIpc) is 3.53. The molecule has 0 saturated heterocycles. The number of phenols is 2. The number of aliphatic hydroxyl groups excluding tert-OH is 3. The van der Waals surface area contributed by atoms with Gasteiger partial charge in [0.05, 0.1) is 25.0 Å². The van der Waals surface area contributed by atoms with Crippen molar-refractivity contribution in [3.63, 3.8) is 0 Å². The fraction of sp³-hybridized carbons (Fsp3) is 0.438. The van der Waals surface area contributed by atoms with Crippen molar-refractivity contribution in [3.8, 4) is 17.2 Å². The molecule has 0 spiro atoms. The minimum Gasteiger partial charge on any atom is -0.508 e. The third-order valence-corrected chi connectivity index (χ3v) is 7.84. The van der Waals surface area contributed by atoms with E-state index in [0.717, 1.165) is 44.9 Å². The number of nitrogens with one attached hydrogen (secondary N) is 1. The van der Waals surface area contributed by atoms with E-state index < -0.39 is 18.4 Å². The Bertz CT molecular complexity index is 1400. The highest BCUT2D eigenvalue weighted by molar-refractivity contribution is 5.87. The molecule has 2 aliphatic rings. The number of rotatable bonds is 16. The van der Waals surface area contributed by atoms with E-state index in [4.69, 9.17) is 16.2 Å². The quantitative estimate of drug-likeness (QED) is 0.131. The summed E-state index contributed by atoms with van der Waals surface area (Å²) in [4.78, 5) is 17.9. The summed E-state index contributed by atoms with van der Waals surface area (Å²) >= 11 is 0. The highest BCUT2D eigenvalue weighted by Gasteiger charge is 2.29. The van der Waals surface area contributed by atoms with Crippen molar-refractivity contribution in [1.82, 2.24) is 0 Å². The third kappa shape index (κ3) is 8.50. The zero-order valence-corrected chi connectivity index (χ0v) is 24.5. The Morgan fingerprint density at radius 3 is 2.58 bits per heavy atom. The van der Waals surface area contributed by atoms with E-state index in [2.05, 4.69) is 4.99 Å². The number of nitrogens with zero attached hydrogens (tertiary/aromatic N) is 1. The Balaban J connectivity index is 1.35. The number of aromatic hydroxyl groups is 2. The number of ketones is 1. The summed E-state index contributed by atoms with van der Waals surface area (Å²) in [5, 5.41) is 50.5. The largest absolute Gasteiger partial charge is 0.508 e. The van der Waals surface area contributed by atoms with Gasteiger partial charge in [0, 0.05) is 30.7 Å². The molecule has 2 aliphatic heterocycles. The number of aliphatic imine (C=N–C) groups is 1. The summed E-state index contributed by atoms with van der Waals surface area (Å²) in [6.45, 7) is 2.65. The number of hydrogen-bond donors (Lipinski definition) is 8. The monoisotopic (exact) mass is 595 g/mol. The predicted octanol–water partition coefficient (Wildman–Crippen LogP) is 1.01. The first-order valence-corrected chi connectivity index (χ1v) is 14.7. The van der Waals surface area contributed by atoms with E-state index in [1.807, 2.05) is 37.5 Å². The van der Waals surface area contributed by atoms with Gasteiger partial charge in [-0.3, -0.25) is 14.7 Å². The number of nitrogens with two attached hydrogens (primary N) is 2. The van der Waals surface area contributed by atoms with Crippen molar-refractivity contribution < 1.29 is 40.0 Å². The molecule has 2 aromatic carbocycles. The predicted molar refractivity (Wildman–Crippen MR) is 161 cm³/mol. The van der Waals surface area contributed by atoms with Crippen molar-refractivity contribution in [3.05, 3.63) is 75.6 Å². The van der Waals surface area contributed by atoms with Crippen molar-refractivity contribution in [2.24, 2.45) is 16.5 Å². The maximum atomic E-state index is 12.4. The second-order valence-corrected chi connectivity index (χ2v) is 11.3. The Morgan fingerprint density at radius 1 is 1.07 bits per heavy atom. The van der Waals surface area contributed by atoms with Crippen LogP contribution < -0.4 is 21.1 Å². The number of aryl methyl sites for hydroxylation is 1. The summed E-state index contributed by atoms with van der Waals surface area (Å²) in [6.07, 6.45) is 3.96. The molecule has 2 heterocycles. The standard InChI is InChI=1S/C32H42N4O7/c1-2-3-24(38)11-26(40)12-25(39)7-6-19-10-31(30(42)13-29(19)41)43-18-36-15-27-23(14-35-28(27)16-36)9-22-8-20(32(33)34)4-5-21(22)17-37/h4-5,8,10,13-14,16,24,26,32,37-38,40-42H,2-3,6-7,9,11-12,15,17-18,33-34H2,1H3/p+1. The lowest BCUT2D eigenvalue weighted by molar-refractivity contribution is -0.855. The Hall–Kier alpha value is -3.58. The maximum Gasteiger partial charge on any atom is 0.227 e. The number of Topliss-reactive ketones (excluding diaryl/α,β-unsaturated/α-hetero) is 1. The Morgan fingerprint density at radius 2 is 1.86 bits per heavy atom. The molecule has 2 aromatic rings. The Kier molecular flexibility index (Phi) is 11.1. The number of quaternary nitrogens is 1. The molecule has 0 radical (unpaired) electrons. The summed E-state index contributed by atoms with van der Waals surface area (Å²) in [5.74, 6) is -0.357. The summed E-state index contributed by atoms with van der Waals surface area (Å²) < 4.78 is 5.92. The van der Waals surface area contributed by atoms with E-state index in [9.17, 15) is 30.3 Å². The number of carbonyl (C=O) groups is 1. The average molecular weight is 596 g/mol. The van der Waals surface area contributed by atoms with Gasteiger partial charge in [0.25, 0.3) is 0 Å². The van der Waals surface area contributed by atoms with E-state index in [1.54, 1.807) is 0 Å². The number of benzene rings is 2. The molecule has 0 fully saturated rings. The molecule has 11 heteroatoms. The van der Waals surface area contributed by atoms with Crippen molar-refractivity contribution >= 4 is 12.0 Å². The van der Waals surface area contributed by atoms with Gasteiger partial charge in [-0.25, -0.2) is 0 Å². The highest BCUT2D eigenvalue weighted by Crippen LogP contribution is 2.34. The fourth-order valence-electron chi connectivity index (χ4n) is 5.46. The normalized spacial score (nSPS) is 17.4. The van der Waals surface area contributed by atoms with E-state index in [-0.39, 0.29) is 62.1 Å². The van der Waals surface area contributed by atoms with Crippen LogP contribution in [0.5, 0.6) is 17.2 Å². The molecule has 3 unspecified atom stereocenters. The molecule has 11 nitrogen and oxygen atoms in total. The number of allylic oxidation sites excluding steroid dienone is 1. The van der Waals surface area contributed by atoms with Crippen molar-refractivity contribution in [1.29, 1.82) is 0 Å². The smallest absolute Gasteiger partial charge is 0.227 e. The molecule has 0 saturated carbocycles. The lowest BCUT2D eigenvalue weighted by Gasteiger charge is -2.16. The summed E-state index contributed by atoms with van der Waals surface area (Å²) in [5.41, 5.74) is 17.6. The molecule has 10 N–H and O–H groups in total. The summed E-state index contributed by atoms with van der Waals surface area (Å²) in [7, 11) is 0. The van der Waals surface area contributed by atoms with E-state index in [1.165, 1.54) is 12.1 Å². The van der Waals surface area contributed by atoms with Gasteiger partial charge in [0.15, 0.2) is 11.5 Å². The van der Waals surface area contributed by atoms with Crippen LogP contribution in [-0.2, 0) is 24.2 Å². The van der Waals surface area contributed by atoms with Crippen molar-refractivity contribution in [2.75, 3.05) is 13.3 Å². The van der Waals surface area contributed by atoms with Crippen LogP contribution in [0.3, 0.4) is 0 Å². The summed E-state index contributed by atoms with van der Waals surface area (Å²) in [6, 6.07) is 8.29. The first kappa shape index (κ1) is 32.3. The van der Waals surface area contributed by atoms with Gasteiger partial charge in [0.2, 0.25) is 6.73 Å². The van der Waals surface area contributed by atoms with Crippen LogP contribution in [0, 0.1) is 0 Å². The zero-order valence-electron chi connectivity index (χ0n) is 24.5. The van der Waals surface area contributed by atoms with Gasteiger partial charge in [-0.15, -0.1) is 0 Å². The number of aliphatic hydroxyl groups is 3. The number of phenolic OH excluding ortho intramolecular Hbond substituents is 2. The van der Waals surface area contributed by atoms with Crippen LogP contribution in [0.15, 0.2) is 58.4 Å². The number of hydrogen-bond acceptors (Lipinski definition) is 10. The van der Waals surface area contributed by atoms with Crippen molar-refractivity contribution in [2.45, 2.75) is 76.9 Å². The number of ether oxygens (including phenoxy) is 1. The molecule has 232 valence electrons. The fourth-order valence-corrected chi connectivity index (χ4v) is 5.46. The first-order valence-electron chi connectivity index (χ1n) is 14.7. The zero-order chi connectivity index (χ0) is 31.1. The van der Waals surface area contributed by atoms with E-state index >= 15 is 0 Å². The van der Waals surface area contributed by atoms with Gasteiger partial charge in [0.1, 0.15) is 30.0 Å². The lowest BCUT2D eigenvalue weighted by atomic mass is 9.95.